The second kappa shape index (κ2) is 5.86. The standard InChI is InChI=1S/C6H10N2O7/c9-4(6(10)11)2-1-3-5(7(12)13)8(14)15/h4-5,9H,1-3H2,(H,10,11). The normalized spacial score (nSPS) is 12.4. The summed E-state index contributed by atoms with van der Waals surface area (Å²) in [5, 5.41) is 37.3. The smallest absolute Gasteiger partial charge is 0.450 e. The Morgan fingerprint density at radius 2 is 1.67 bits per heavy atom. The molecule has 0 aliphatic rings. The van der Waals surface area contributed by atoms with E-state index in [0.29, 0.717) is 0 Å². The highest BCUT2D eigenvalue weighted by molar-refractivity contribution is 5.71. The molecule has 15 heavy (non-hydrogen) atoms. The van der Waals surface area contributed by atoms with Gasteiger partial charge in [0.25, 0.3) is 0 Å². The van der Waals surface area contributed by atoms with Crippen molar-refractivity contribution < 1.29 is 24.9 Å². The first-order valence-corrected chi connectivity index (χ1v) is 4.04. The molecule has 2 N–H and O–H groups in total. The van der Waals surface area contributed by atoms with Crippen molar-refractivity contribution >= 4 is 5.97 Å². The maximum atomic E-state index is 10.1. The van der Waals surface area contributed by atoms with Gasteiger partial charge in [0.1, 0.15) is 0 Å². The summed E-state index contributed by atoms with van der Waals surface area (Å²) in [6.07, 6.45) is -4.31. The molecule has 1 atom stereocenters. The van der Waals surface area contributed by atoms with Gasteiger partial charge in [-0.15, -0.1) is 0 Å². The fraction of sp³-hybridized carbons (Fsp3) is 0.833. The number of aliphatic hydroxyl groups excluding tert-OH is 1. The molecule has 0 amide bonds. The summed E-state index contributed by atoms with van der Waals surface area (Å²) in [4.78, 5) is 28.3. The highest BCUT2D eigenvalue weighted by atomic mass is 16.7. The minimum absolute atomic E-state index is 0.0971. The van der Waals surface area contributed by atoms with E-state index >= 15 is 0 Å². The molecular weight excluding hydrogens is 212 g/mol. The molecule has 0 fully saturated rings. The van der Waals surface area contributed by atoms with Crippen molar-refractivity contribution in [2.45, 2.75) is 31.5 Å². The van der Waals surface area contributed by atoms with E-state index in [0.717, 1.165) is 0 Å². The number of carbonyl (C=O) groups is 1. The molecule has 0 aromatic carbocycles. The number of hydrogen-bond acceptors (Lipinski definition) is 6. The van der Waals surface area contributed by atoms with Crippen molar-refractivity contribution in [2.24, 2.45) is 0 Å². The number of carboxylic acids is 1. The Kier molecular flexibility index (Phi) is 5.16. The van der Waals surface area contributed by atoms with Crippen molar-refractivity contribution in [1.29, 1.82) is 0 Å². The van der Waals surface area contributed by atoms with Gasteiger partial charge in [0.2, 0.25) is 0 Å². The van der Waals surface area contributed by atoms with Crippen molar-refractivity contribution in [3.63, 3.8) is 0 Å². The van der Waals surface area contributed by atoms with Gasteiger partial charge in [0, 0.05) is 0 Å². The first-order valence-electron chi connectivity index (χ1n) is 4.04. The molecule has 0 saturated heterocycles. The average Bonchev–Trinajstić information content (AvgIpc) is 2.10. The van der Waals surface area contributed by atoms with Gasteiger partial charge in [-0.3, -0.25) is 20.2 Å². The fourth-order valence-corrected chi connectivity index (χ4v) is 0.905. The molecule has 0 bridgehead atoms. The Bertz CT molecular complexity index is 252. The minimum Gasteiger partial charge on any atom is -0.479 e. The lowest BCUT2D eigenvalue weighted by molar-refractivity contribution is -0.743. The van der Waals surface area contributed by atoms with E-state index in [4.69, 9.17) is 10.2 Å². The summed E-state index contributed by atoms with van der Waals surface area (Å²) in [5.74, 6) is -1.45. The number of nitrogens with zero attached hydrogens (tertiary/aromatic N) is 2. The zero-order chi connectivity index (χ0) is 12.0. The molecule has 9 heteroatoms. The van der Waals surface area contributed by atoms with Gasteiger partial charge >= 0.3 is 12.1 Å². The van der Waals surface area contributed by atoms with Gasteiger partial charge in [-0.2, -0.15) is 0 Å². The maximum absolute atomic E-state index is 10.1. The van der Waals surface area contributed by atoms with Crippen molar-refractivity contribution in [1.82, 2.24) is 0 Å². The van der Waals surface area contributed by atoms with Gasteiger partial charge in [0.05, 0.1) is 16.3 Å². The summed E-state index contributed by atoms with van der Waals surface area (Å²) in [6, 6.07) is 0. The molecule has 0 rings (SSSR count). The van der Waals surface area contributed by atoms with Crippen LogP contribution in [0.4, 0.5) is 0 Å². The predicted octanol–water partition coefficient (Wildman–Crippen LogP) is -0.518. The number of aliphatic carboxylic acids is 1. The average molecular weight is 222 g/mol. The lowest BCUT2D eigenvalue weighted by Gasteiger charge is -2.04. The molecule has 0 aromatic rings. The third-order valence-corrected chi connectivity index (χ3v) is 1.71. The second-order valence-electron chi connectivity index (χ2n) is 2.84. The van der Waals surface area contributed by atoms with Crippen LogP contribution in [-0.2, 0) is 4.79 Å². The fourth-order valence-electron chi connectivity index (χ4n) is 0.905. The summed E-state index contributed by atoms with van der Waals surface area (Å²) in [5.41, 5.74) is 0. The number of aliphatic hydroxyl groups is 1. The number of hydrogen-bond donors (Lipinski definition) is 2. The monoisotopic (exact) mass is 222 g/mol. The number of carboxylic acid groups (broad SMARTS) is 1. The van der Waals surface area contributed by atoms with Crippen LogP contribution >= 0.6 is 0 Å². The van der Waals surface area contributed by atoms with Gasteiger partial charge in [0.15, 0.2) is 6.10 Å². The Labute approximate surface area is 83.6 Å². The number of nitro groups is 2. The molecular formula is C6H10N2O7. The van der Waals surface area contributed by atoms with Crippen LogP contribution in [0.5, 0.6) is 0 Å². The Morgan fingerprint density at radius 3 is 2.00 bits per heavy atom. The third kappa shape index (κ3) is 4.86. The molecule has 0 spiro atoms. The molecule has 0 aromatic heterocycles. The summed E-state index contributed by atoms with van der Waals surface area (Å²) >= 11 is 0. The topological polar surface area (TPSA) is 144 Å². The molecule has 0 aliphatic carbocycles. The van der Waals surface area contributed by atoms with E-state index in [1.54, 1.807) is 0 Å². The van der Waals surface area contributed by atoms with E-state index in [1.165, 1.54) is 0 Å². The predicted molar refractivity (Wildman–Crippen MR) is 45.3 cm³/mol. The van der Waals surface area contributed by atoms with Gasteiger partial charge in [-0.25, -0.2) is 4.79 Å². The first kappa shape index (κ1) is 13.2. The molecule has 86 valence electrons. The zero-order valence-electron chi connectivity index (χ0n) is 7.61. The Morgan fingerprint density at radius 1 is 1.20 bits per heavy atom. The van der Waals surface area contributed by atoms with Crippen LogP contribution in [-0.4, -0.2) is 38.3 Å². The zero-order valence-corrected chi connectivity index (χ0v) is 7.61. The van der Waals surface area contributed by atoms with E-state index in [2.05, 4.69) is 0 Å². The molecule has 1 unspecified atom stereocenters. The maximum Gasteiger partial charge on any atom is 0.450 e. The van der Waals surface area contributed by atoms with Gasteiger partial charge in [-0.1, -0.05) is 0 Å². The van der Waals surface area contributed by atoms with Crippen molar-refractivity contribution in [3.05, 3.63) is 20.2 Å². The van der Waals surface area contributed by atoms with Gasteiger partial charge in [-0.05, 0) is 12.8 Å². The van der Waals surface area contributed by atoms with Gasteiger partial charge < -0.3 is 10.2 Å². The van der Waals surface area contributed by atoms with Crippen LogP contribution in [0.2, 0.25) is 0 Å². The van der Waals surface area contributed by atoms with Crippen LogP contribution < -0.4 is 0 Å². The van der Waals surface area contributed by atoms with Crippen LogP contribution in [0.15, 0.2) is 0 Å². The number of rotatable bonds is 7. The first-order chi connectivity index (χ1) is 6.86. The SMILES string of the molecule is O=C(O)C(O)CCCC([N+](=O)[O-])[N+](=O)[O-]. The highest BCUT2D eigenvalue weighted by Gasteiger charge is 2.31. The molecule has 0 saturated carbocycles. The van der Waals surface area contributed by atoms with Crippen molar-refractivity contribution in [3.8, 4) is 0 Å². The Hall–Kier alpha value is -1.77. The summed E-state index contributed by atoms with van der Waals surface area (Å²) in [6.45, 7) is 0. The second-order valence-corrected chi connectivity index (χ2v) is 2.84. The highest BCUT2D eigenvalue weighted by Crippen LogP contribution is 2.07. The third-order valence-electron chi connectivity index (χ3n) is 1.71. The van der Waals surface area contributed by atoms with E-state index in [9.17, 15) is 25.0 Å². The van der Waals surface area contributed by atoms with Crippen LogP contribution in [0.1, 0.15) is 19.3 Å². The van der Waals surface area contributed by atoms with E-state index < -0.39 is 34.5 Å². The summed E-state index contributed by atoms with van der Waals surface area (Å²) in [7, 11) is 0. The molecule has 9 nitrogen and oxygen atoms in total. The minimum atomic E-state index is -1.94. The lowest BCUT2D eigenvalue weighted by atomic mass is 10.1. The van der Waals surface area contributed by atoms with Crippen LogP contribution in [0, 0.1) is 20.2 Å². The Balaban J connectivity index is 3.97. The molecule has 0 heterocycles. The van der Waals surface area contributed by atoms with Crippen LogP contribution in [0.25, 0.3) is 0 Å². The molecule has 0 aliphatic heterocycles. The lowest BCUT2D eigenvalue weighted by Crippen LogP contribution is -2.29. The molecule has 0 radical (unpaired) electrons. The largest absolute Gasteiger partial charge is 0.479 e. The van der Waals surface area contributed by atoms with Crippen LogP contribution in [0.3, 0.4) is 0 Å². The quantitative estimate of drug-likeness (QED) is 0.335. The van der Waals surface area contributed by atoms with E-state index in [1.807, 2.05) is 0 Å². The summed E-state index contributed by atoms with van der Waals surface area (Å²) < 4.78 is 0. The van der Waals surface area contributed by atoms with Crippen molar-refractivity contribution in [2.75, 3.05) is 0 Å². The van der Waals surface area contributed by atoms with E-state index in [-0.39, 0.29) is 12.8 Å².